The summed E-state index contributed by atoms with van der Waals surface area (Å²) in [5.74, 6) is 0.516. The van der Waals surface area contributed by atoms with Gasteiger partial charge in [-0.25, -0.2) is 9.18 Å². The van der Waals surface area contributed by atoms with E-state index in [0.29, 0.717) is 50.0 Å². The lowest BCUT2D eigenvalue weighted by atomic mass is 9.92. The number of halogens is 2. The summed E-state index contributed by atoms with van der Waals surface area (Å²) in [6.07, 6.45) is 0.790. The second-order valence-corrected chi connectivity index (χ2v) is 10.4. The average molecular weight is 582 g/mol. The van der Waals surface area contributed by atoms with Gasteiger partial charge in [0.15, 0.2) is 0 Å². The van der Waals surface area contributed by atoms with Gasteiger partial charge in [-0.1, -0.05) is 23.7 Å². The van der Waals surface area contributed by atoms with Crippen molar-refractivity contribution in [2.45, 2.75) is 18.9 Å². The third kappa shape index (κ3) is 6.82. The Morgan fingerprint density at radius 2 is 1.80 bits per heavy atom. The van der Waals surface area contributed by atoms with Crippen molar-refractivity contribution in [2.75, 3.05) is 46.0 Å². The van der Waals surface area contributed by atoms with Crippen molar-refractivity contribution in [3.8, 4) is 11.5 Å². The number of hydrogen-bond acceptors (Lipinski definition) is 6. The molecule has 0 spiro atoms. The van der Waals surface area contributed by atoms with Crippen LogP contribution in [-0.4, -0.2) is 77.1 Å². The number of aliphatic hydroxyl groups is 2. The van der Waals surface area contributed by atoms with Gasteiger partial charge in [0.1, 0.15) is 23.4 Å². The van der Waals surface area contributed by atoms with Crippen LogP contribution < -0.4 is 9.47 Å². The number of aliphatic hydroxyl groups excluding tert-OH is 2. The van der Waals surface area contributed by atoms with Crippen LogP contribution in [0.2, 0.25) is 5.02 Å². The number of amides is 1. The maximum atomic E-state index is 13.5. The predicted molar refractivity (Wildman–Crippen MR) is 155 cm³/mol. The van der Waals surface area contributed by atoms with Crippen LogP contribution >= 0.6 is 11.6 Å². The molecule has 0 fully saturated rings. The van der Waals surface area contributed by atoms with Crippen LogP contribution in [0.1, 0.15) is 29.3 Å². The van der Waals surface area contributed by atoms with Gasteiger partial charge in [-0.2, -0.15) is 0 Å². The molecule has 1 aromatic heterocycles. The van der Waals surface area contributed by atoms with Gasteiger partial charge in [0.2, 0.25) is 0 Å². The first-order valence-corrected chi connectivity index (χ1v) is 14.1. The van der Waals surface area contributed by atoms with Gasteiger partial charge in [-0.15, -0.1) is 0 Å². The number of nitrogens with zero attached hydrogens (tertiary/aromatic N) is 2. The molecular weight excluding hydrogens is 549 g/mol. The predicted octanol–water partition coefficient (Wildman–Crippen LogP) is 5.16. The molecule has 2 heterocycles. The molecule has 1 unspecified atom stereocenters. The molecule has 1 aliphatic rings. The van der Waals surface area contributed by atoms with Gasteiger partial charge in [0, 0.05) is 47.8 Å². The number of carbonyl (C=O) groups is 1. The van der Waals surface area contributed by atoms with Crippen molar-refractivity contribution < 1.29 is 28.9 Å². The van der Waals surface area contributed by atoms with Crippen LogP contribution in [0.3, 0.4) is 0 Å². The molecule has 216 valence electrons. The summed E-state index contributed by atoms with van der Waals surface area (Å²) < 4.78 is 25.1. The zero-order valence-corrected chi connectivity index (χ0v) is 23.3. The molecule has 0 saturated heterocycles. The van der Waals surface area contributed by atoms with Gasteiger partial charge in [-0.05, 0) is 78.6 Å². The molecular formula is C31H33ClFN3O5. The normalized spacial score (nSPS) is 14.9. The molecule has 0 bridgehead atoms. The van der Waals surface area contributed by atoms with E-state index < -0.39 is 18.0 Å². The molecule has 4 aromatic rings. The minimum absolute atomic E-state index is 0.0341. The number of nitrogens with one attached hydrogen (secondary N) is 1. The minimum atomic E-state index is -0.539. The lowest BCUT2D eigenvalue weighted by Gasteiger charge is -2.35. The largest absolute Gasteiger partial charge is 0.494 e. The van der Waals surface area contributed by atoms with Gasteiger partial charge >= 0.3 is 6.09 Å². The Hall–Kier alpha value is -3.63. The molecule has 10 heteroatoms. The number of rotatable bonds is 11. The molecule has 3 aromatic carbocycles. The quantitative estimate of drug-likeness (QED) is 0.212. The van der Waals surface area contributed by atoms with Crippen LogP contribution in [0.5, 0.6) is 11.5 Å². The molecule has 0 saturated carbocycles. The molecule has 1 amide bonds. The van der Waals surface area contributed by atoms with E-state index in [4.69, 9.17) is 21.1 Å². The third-order valence-corrected chi connectivity index (χ3v) is 7.47. The standard InChI is InChI=1S/C31H33ClFN3O5/c32-22-5-10-28-27(20-22)26-11-13-36(31(39)41-24-8-6-23(33)7-9-24)30(29(26)34-28)21-3-1-4-25(19-21)40-18-2-12-35(14-16-37)15-17-38/h1,3-10,19-20,30,34,37-38H,2,11-18H2. The van der Waals surface area contributed by atoms with Crippen LogP contribution in [0.4, 0.5) is 9.18 Å². The highest BCUT2D eigenvalue weighted by Crippen LogP contribution is 2.40. The lowest BCUT2D eigenvalue weighted by molar-refractivity contribution is 0.135. The summed E-state index contributed by atoms with van der Waals surface area (Å²) in [5.41, 5.74) is 3.75. The highest BCUT2D eigenvalue weighted by Gasteiger charge is 2.36. The Bertz CT molecular complexity index is 1470. The summed E-state index contributed by atoms with van der Waals surface area (Å²) in [7, 11) is 0. The van der Waals surface area contributed by atoms with Crippen LogP contribution in [0, 0.1) is 5.82 Å². The number of fused-ring (bicyclic) bond motifs is 3. The Morgan fingerprint density at radius 3 is 2.56 bits per heavy atom. The Balaban J connectivity index is 1.40. The highest BCUT2D eigenvalue weighted by atomic mass is 35.5. The topological polar surface area (TPSA) is 98.3 Å². The van der Waals surface area contributed by atoms with E-state index >= 15 is 0 Å². The minimum Gasteiger partial charge on any atom is -0.494 e. The van der Waals surface area contributed by atoms with E-state index in [9.17, 15) is 19.4 Å². The van der Waals surface area contributed by atoms with E-state index in [0.717, 1.165) is 34.1 Å². The number of hydrogen-bond donors (Lipinski definition) is 3. The fourth-order valence-corrected chi connectivity index (χ4v) is 5.51. The molecule has 8 nitrogen and oxygen atoms in total. The maximum Gasteiger partial charge on any atom is 0.416 e. The second-order valence-electron chi connectivity index (χ2n) is 9.94. The number of aromatic nitrogens is 1. The van der Waals surface area contributed by atoms with Crippen molar-refractivity contribution in [1.82, 2.24) is 14.8 Å². The number of benzene rings is 3. The molecule has 0 aliphatic carbocycles. The number of H-pyrrole nitrogens is 1. The van der Waals surface area contributed by atoms with E-state index in [-0.39, 0.29) is 19.0 Å². The van der Waals surface area contributed by atoms with Gasteiger partial charge in [0.05, 0.1) is 19.8 Å². The summed E-state index contributed by atoms with van der Waals surface area (Å²) in [5, 5.41) is 20.1. The fraction of sp³-hybridized carbons (Fsp3) is 0.323. The van der Waals surface area contributed by atoms with Crippen LogP contribution in [0.25, 0.3) is 10.9 Å². The molecule has 5 rings (SSSR count). The van der Waals surface area contributed by atoms with Crippen LogP contribution in [-0.2, 0) is 6.42 Å². The Labute approximate surface area is 242 Å². The first-order chi connectivity index (χ1) is 20.0. The van der Waals surface area contributed by atoms with Crippen LogP contribution in [0.15, 0.2) is 66.7 Å². The number of ether oxygens (including phenoxy) is 2. The summed E-state index contributed by atoms with van der Waals surface area (Å²) in [4.78, 5) is 20.6. The smallest absolute Gasteiger partial charge is 0.416 e. The van der Waals surface area contributed by atoms with Gasteiger partial charge in [-0.3, -0.25) is 9.80 Å². The van der Waals surface area contributed by atoms with E-state index in [2.05, 4.69) is 4.98 Å². The Kier molecular flexibility index (Phi) is 9.41. The molecule has 1 aliphatic heterocycles. The van der Waals surface area contributed by atoms with Crippen molar-refractivity contribution in [1.29, 1.82) is 0 Å². The summed E-state index contributed by atoms with van der Waals surface area (Å²) in [6.45, 7) is 2.62. The van der Waals surface area contributed by atoms with E-state index in [1.165, 1.54) is 24.3 Å². The number of aromatic amines is 1. The third-order valence-electron chi connectivity index (χ3n) is 7.24. The van der Waals surface area contributed by atoms with E-state index in [1.807, 2.05) is 47.4 Å². The van der Waals surface area contributed by atoms with E-state index in [1.54, 1.807) is 4.90 Å². The zero-order valence-electron chi connectivity index (χ0n) is 22.6. The monoisotopic (exact) mass is 581 g/mol. The molecule has 0 radical (unpaired) electrons. The Morgan fingerprint density at radius 1 is 1.02 bits per heavy atom. The molecule has 3 N–H and O–H groups in total. The first kappa shape index (κ1) is 28.9. The lowest BCUT2D eigenvalue weighted by Crippen LogP contribution is -2.42. The summed E-state index contributed by atoms with van der Waals surface area (Å²) >= 11 is 6.32. The highest BCUT2D eigenvalue weighted by molar-refractivity contribution is 6.31. The first-order valence-electron chi connectivity index (χ1n) is 13.7. The maximum absolute atomic E-state index is 13.5. The van der Waals surface area contributed by atoms with Crippen molar-refractivity contribution in [3.05, 3.63) is 94.4 Å². The van der Waals surface area contributed by atoms with Crippen molar-refractivity contribution in [3.63, 3.8) is 0 Å². The average Bonchev–Trinajstić information content (AvgIpc) is 3.34. The van der Waals surface area contributed by atoms with Gasteiger partial charge in [0.25, 0.3) is 0 Å². The van der Waals surface area contributed by atoms with Gasteiger partial charge < -0.3 is 24.7 Å². The zero-order chi connectivity index (χ0) is 28.8. The number of carbonyl (C=O) groups excluding carboxylic acids is 1. The van der Waals surface area contributed by atoms with Crippen molar-refractivity contribution in [2.24, 2.45) is 0 Å². The fourth-order valence-electron chi connectivity index (χ4n) is 5.34. The molecule has 41 heavy (non-hydrogen) atoms. The second kappa shape index (κ2) is 13.4. The van der Waals surface area contributed by atoms with Crippen molar-refractivity contribution >= 4 is 28.6 Å². The summed E-state index contributed by atoms with van der Waals surface area (Å²) in [6, 6.07) is 18.2. The molecule has 1 atom stereocenters. The SMILES string of the molecule is O=C(Oc1ccc(F)cc1)N1CCc2c([nH]c3ccc(Cl)cc23)C1c1cccc(OCCCN(CCO)CCO)c1.